The zero-order valence-electron chi connectivity index (χ0n) is 6.37. The molecule has 0 aliphatic carbocycles. The van der Waals surface area contributed by atoms with Crippen LogP contribution in [0.25, 0.3) is 0 Å². The Bertz CT molecular complexity index is 87.8. The summed E-state index contributed by atoms with van der Waals surface area (Å²) >= 11 is 0. The van der Waals surface area contributed by atoms with Gasteiger partial charge in [-0.15, -0.1) is 12.4 Å². The van der Waals surface area contributed by atoms with Gasteiger partial charge in [-0.3, -0.25) is 0 Å². The smallest absolute Gasteiger partial charge is 0.0588 e. The maximum absolute atomic E-state index is 8.70. The molecule has 4 N–H and O–H groups in total. The van der Waals surface area contributed by atoms with E-state index >= 15 is 0 Å². The van der Waals surface area contributed by atoms with Gasteiger partial charge < -0.3 is 15.9 Å². The monoisotopic (exact) mass is 169 g/mol. The number of aliphatic hydroxyl groups is 2. The molecule has 10 heavy (non-hydrogen) atoms. The van der Waals surface area contributed by atoms with Crippen LogP contribution in [0.2, 0.25) is 0 Å². The van der Waals surface area contributed by atoms with Crippen molar-refractivity contribution in [3.05, 3.63) is 0 Å². The lowest BCUT2D eigenvalue weighted by Crippen LogP contribution is -2.42. The summed E-state index contributed by atoms with van der Waals surface area (Å²) < 4.78 is 0. The Kier molecular flexibility index (Phi) is 6.29. The molecule has 0 spiro atoms. The quantitative estimate of drug-likeness (QED) is 0.546. The van der Waals surface area contributed by atoms with Crippen LogP contribution in [0.15, 0.2) is 0 Å². The Morgan fingerprint density at radius 2 is 1.80 bits per heavy atom. The van der Waals surface area contributed by atoms with Crippen molar-refractivity contribution in [2.75, 3.05) is 13.2 Å². The number of hydrogen-bond acceptors (Lipinski definition) is 3. The maximum atomic E-state index is 8.70. The number of rotatable bonds is 3. The number of halogens is 1. The van der Waals surface area contributed by atoms with Crippen molar-refractivity contribution in [1.29, 1.82) is 0 Å². The zero-order chi connectivity index (χ0) is 7.49. The van der Waals surface area contributed by atoms with E-state index in [0.717, 1.165) is 0 Å². The van der Waals surface area contributed by atoms with Crippen LogP contribution in [-0.2, 0) is 0 Å². The lowest BCUT2D eigenvalue weighted by Gasteiger charge is -2.27. The second kappa shape index (κ2) is 4.91. The lowest BCUT2D eigenvalue weighted by molar-refractivity contribution is 0.0988. The van der Waals surface area contributed by atoms with Gasteiger partial charge in [-0.25, -0.2) is 0 Å². The molecule has 0 heterocycles. The highest BCUT2D eigenvalue weighted by Crippen LogP contribution is 2.16. The summed E-state index contributed by atoms with van der Waals surface area (Å²) in [7, 11) is 0. The average molecular weight is 170 g/mol. The second-order valence-corrected chi connectivity index (χ2v) is 2.94. The Hall–Kier alpha value is 0.170. The van der Waals surface area contributed by atoms with Gasteiger partial charge in [0.2, 0.25) is 0 Å². The fourth-order valence-corrected chi connectivity index (χ4v) is 0.364. The van der Waals surface area contributed by atoms with E-state index in [1.165, 1.54) is 0 Å². The number of aliphatic hydroxyl groups excluding tert-OH is 2. The van der Waals surface area contributed by atoms with E-state index in [-0.39, 0.29) is 37.1 Å². The van der Waals surface area contributed by atoms with Gasteiger partial charge in [-0.05, 0) is 0 Å². The molecule has 0 aliphatic heterocycles. The summed E-state index contributed by atoms with van der Waals surface area (Å²) in [6.45, 7) is 3.56. The summed E-state index contributed by atoms with van der Waals surface area (Å²) in [5, 5.41) is 17.3. The molecule has 0 radical (unpaired) electrons. The van der Waals surface area contributed by atoms with Gasteiger partial charge in [0.05, 0.1) is 6.61 Å². The molecular weight excluding hydrogens is 154 g/mol. The van der Waals surface area contributed by atoms with Crippen molar-refractivity contribution >= 4 is 12.4 Å². The van der Waals surface area contributed by atoms with E-state index in [1.807, 2.05) is 13.8 Å². The Labute approximate surface area is 67.6 Å². The van der Waals surface area contributed by atoms with Gasteiger partial charge >= 0.3 is 0 Å². The molecule has 0 amide bonds. The van der Waals surface area contributed by atoms with E-state index in [9.17, 15) is 0 Å². The molecule has 0 aromatic heterocycles. The van der Waals surface area contributed by atoms with Gasteiger partial charge in [-0.2, -0.15) is 0 Å². The number of hydrogen-bond donors (Lipinski definition) is 3. The fraction of sp³-hybridized carbons (Fsp3) is 1.00. The van der Waals surface area contributed by atoms with E-state index in [0.29, 0.717) is 0 Å². The summed E-state index contributed by atoms with van der Waals surface area (Å²) in [6, 6.07) is -0.331. The molecule has 1 atom stereocenters. The summed E-state index contributed by atoms with van der Waals surface area (Å²) in [5.41, 5.74) is 5.08. The van der Waals surface area contributed by atoms with Crippen molar-refractivity contribution in [2.45, 2.75) is 19.9 Å². The lowest BCUT2D eigenvalue weighted by atomic mass is 9.86. The van der Waals surface area contributed by atoms with Gasteiger partial charge in [-0.1, -0.05) is 13.8 Å². The topological polar surface area (TPSA) is 66.5 Å². The van der Waals surface area contributed by atoms with Crippen LogP contribution in [0.1, 0.15) is 13.8 Å². The molecule has 0 aromatic rings. The third kappa shape index (κ3) is 3.37. The Morgan fingerprint density at radius 1 is 1.40 bits per heavy atom. The van der Waals surface area contributed by atoms with Crippen molar-refractivity contribution in [2.24, 2.45) is 11.1 Å². The first kappa shape index (κ1) is 12.8. The van der Waals surface area contributed by atoms with Crippen molar-refractivity contribution in [1.82, 2.24) is 0 Å². The molecule has 0 aliphatic rings. The highest BCUT2D eigenvalue weighted by molar-refractivity contribution is 5.85. The van der Waals surface area contributed by atoms with Crippen LogP contribution in [0.5, 0.6) is 0 Å². The van der Waals surface area contributed by atoms with E-state index in [4.69, 9.17) is 15.9 Å². The molecule has 0 saturated heterocycles. The predicted molar refractivity (Wildman–Crippen MR) is 43.2 cm³/mol. The molecule has 0 rings (SSSR count). The molecule has 64 valence electrons. The van der Waals surface area contributed by atoms with Crippen LogP contribution in [0, 0.1) is 5.41 Å². The zero-order valence-corrected chi connectivity index (χ0v) is 7.19. The van der Waals surface area contributed by atoms with Crippen molar-refractivity contribution in [3.8, 4) is 0 Å². The molecule has 0 bridgehead atoms. The molecule has 3 nitrogen and oxygen atoms in total. The standard InChI is InChI=1S/C6H15NO2.ClH/c1-6(2,4-9)5(7)3-8;/h5,8-9H,3-4,7H2,1-2H3;1H. The van der Waals surface area contributed by atoms with E-state index in [1.54, 1.807) is 0 Å². The minimum atomic E-state index is -0.366. The Morgan fingerprint density at radius 3 is 1.90 bits per heavy atom. The second-order valence-electron chi connectivity index (χ2n) is 2.94. The highest BCUT2D eigenvalue weighted by atomic mass is 35.5. The molecule has 1 unspecified atom stereocenters. The third-order valence-corrected chi connectivity index (χ3v) is 1.61. The molecular formula is C6H16ClNO2. The summed E-state index contributed by atoms with van der Waals surface area (Å²) in [5.74, 6) is 0. The first-order chi connectivity index (χ1) is 4.04. The highest BCUT2D eigenvalue weighted by Gasteiger charge is 2.24. The average Bonchev–Trinajstić information content (AvgIpc) is 1.86. The van der Waals surface area contributed by atoms with Crippen LogP contribution in [-0.4, -0.2) is 29.5 Å². The molecule has 0 aromatic carbocycles. The van der Waals surface area contributed by atoms with Gasteiger partial charge in [0.1, 0.15) is 0 Å². The van der Waals surface area contributed by atoms with Gasteiger partial charge in [0.15, 0.2) is 0 Å². The largest absolute Gasteiger partial charge is 0.396 e. The van der Waals surface area contributed by atoms with Crippen LogP contribution >= 0.6 is 12.4 Å². The van der Waals surface area contributed by atoms with Crippen molar-refractivity contribution in [3.63, 3.8) is 0 Å². The van der Waals surface area contributed by atoms with Gasteiger partial charge in [0, 0.05) is 18.1 Å². The predicted octanol–water partition coefficient (Wildman–Crippen LogP) is -0.254. The van der Waals surface area contributed by atoms with Crippen LogP contribution in [0.4, 0.5) is 0 Å². The molecule has 0 saturated carbocycles. The van der Waals surface area contributed by atoms with Crippen LogP contribution < -0.4 is 5.73 Å². The SMILES string of the molecule is CC(C)(CO)C(N)CO.Cl. The first-order valence-electron chi connectivity index (χ1n) is 3.02. The fourth-order valence-electron chi connectivity index (χ4n) is 0.364. The molecule has 0 fully saturated rings. The summed E-state index contributed by atoms with van der Waals surface area (Å²) in [4.78, 5) is 0. The Balaban J connectivity index is 0. The first-order valence-corrected chi connectivity index (χ1v) is 3.02. The third-order valence-electron chi connectivity index (χ3n) is 1.61. The van der Waals surface area contributed by atoms with Crippen LogP contribution in [0.3, 0.4) is 0 Å². The summed E-state index contributed by atoms with van der Waals surface area (Å²) in [6.07, 6.45) is 0. The molecule has 4 heteroatoms. The van der Waals surface area contributed by atoms with Crippen molar-refractivity contribution < 1.29 is 10.2 Å². The maximum Gasteiger partial charge on any atom is 0.0588 e. The minimum absolute atomic E-state index is 0. The number of nitrogens with two attached hydrogens (primary N) is 1. The van der Waals surface area contributed by atoms with E-state index < -0.39 is 0 Å². The minimum Gasteiger partial charge on any atom is -0.396 e. The van der Waals surface area contributed by atoms with E-state index in [2.05, 4.69) is 0 Å². The van der Waals surface area contributed by atoms with Gasteiger partial charge in [0.25, 0.3) is 0 Å². The normalized spacial score (nSPS) is 14.1.